The van der Waals surface area contributed by atoms with Gasteiger partial charge in [-0.25, -0.2) is 4.79 Å². The number of allylic oxidation sites excluding steroid dienone is 3. The van der Waals surface area contributed by atoms with Gasteiger partial charge >= 0.3 is 6.03 Å². The monoisotopic (exact) mass is 710 g/mol. The molecule has 0 aromatic carbocycles. The third-order valence-corrected chi connectivity index (χ3v) is 13.3. The fourth-order valence-corrected chi connectivity index (χ4v) is 10.1. The molecular formula is C38H58N6O5S. The van der Waals surface area contributed by atoms with Crippen molar-refractivity contribution in [3.63, 3.8) is 0 Å². The molecule has 12 heteroatoms. The van der Waals surface area contributed by atoms with Crippen LogP contribution in [-0.2, 0) is 14.3 Å². The molecule has 276 valence electrons. The number of hydrogen-bond donors (Lipinski definition) is 4. The van der Waals surface area contributed by atoms with Gasteiger partial charge in [-0.1, -0.05) is 51.5 Å². The molecule has 5 saturated heterocycles. The Bertz CT molecular complexity index is 1370. The number of piperidine rings is 1. The van der Waals surface area contributed by atoms with E-state index < -0.39 is 6.23 Å². The van der Waals surface area contributed by atoms with E-state index in [9.17, 15) is 19.5 Å². The summed E-state index contributed by atoms with van der Waals surface area (Å²) >= 11 is 1.94. The molecule has 4 N–H and O–H groups in total. The molecule has 11 nitrogen and oxygen atoms in total. The number of fused-ring (bicyclic) bond motifs is 1. The number of rotatable bonds is 13. The Morgan fingerprint density at radius 3 is 2.68 bits per heavy atom. The van der Waals surface area contributed by atoms with E-state index in [0.717, 1.165) is 82.0 Å². The van der Waals surface area contributed by atoms with Gasteiger partial charge in [0.1, 0.15) is 6.23 Å². The molecule has 5 heterocycles. The highest BCUT2D eigenvalue weighted by atomic mass is 32.2. The Kier molecular flexibility index (Phi) is 12.2. The Morgan fingerprint density at radius 1 is 1.16 bits per heavy atom. The lowest BCUT2D eigenvalue weighted by Crippen LogP contribution is -2.54. The summed E-state index contributed by atoms with van der Waals surface area (Å²) in [5.41, 5.74) is 3.58. The van der Waals surface area contributed by atoms with Gasteiger partial charge in [-0.2, -0.15) is 11.8 Å². The number of aliphatic hydroxyl groups excluding tert-OH is 1. The topological polar surface area (TPSA) is 126 Å². The van der Waals surface area contributed by atoms with Gasteiger partial charge in [0, 0.05) is 80.6 Å². The van der Waals surface area contributed by atoms with Crippen molar-refractivity contribution in [3.05, 3.63) is 47.4 Å². The third kappa shape index (κ3) is 8.56. The maximum Gasteiger partial charge on any atom is 0.315 e. The molecule has 0 saturated carbocycles. The van der Waals surface area contributed by atoms with Gasteiger partial charge in [-0.15, -0.1) is 0 Å². The van der Waals surface area contributed by atoms with Crippen LogP contribution in [0.5, 0.6) is 0 Å². The predicted molar refractivity (Wildman–Crippen MR) is 197 cm³/mol. The number of urea groups is 1. The lowest BCUT2D eigenvalue weighted by molar-refractivity contribution is -0.133. The molecule has 8 atom stereocenters. The van der Waals surface area contributed by atoms with Crippen LogP contribution < -0.4 is 16.0 Å². The van der Waals surface area contributed by atoms with E-state index in [-0.39, 0.29) is 41.9 Å². The molecule has 1 aliphatic carbocycles. The van der Waals surface area contributed by atoms with Crippen LogP contribution in [-0.4, -0.2) is 119 Å². The summed E-state index contributed by atoms with van der Waals surface area (Å²) < 4.78 is 6.45. The first kappa shape index (κ1) is 36.8. The normalized spacial score (nSPS) is 33.1. The van der Waals surface area contributed by atoms with Crippen molar-refractivity contribution in [1.29, 1.82) is 0 Å². The largest absolute Gasteiger partial charge is 0.498 e. The molecule has 0 radical (unpaired) electrons. The predicted octanol–water partition coefficient (Wildman–Crippen LogP) is 3.74. The highest BCUT2D eigenvalue weighted by Gasteiger charge is 2.43. The molecule has 6 rings (SSSR count). The van der Waals surface area contributed by atoms with Gasteiger partial charge in [0.25, 0.3) is 0 Å². The summed E-state index contributed by atoms with van der Waals surface area (Å²) in [6.07, 6.45) is 12.5. The van der Waals surface area contributed by atoms with Crippen LogP contribution in [0.2, 0.25) is 0 Å². The fourth-order valence-electron chi connectivity index (χ4n) is 8.54. The first-order chi connectivity index (χ1) is 24.1. The van der Waals surface area contributed by atoms with Gasteiger partial charge < -0.3 is 35.6 Å². The smallest absolute Gasteiger partial charge is 0.315 e. The second kappa shape index (κ2) is 16.6. The minimum atomic E-state index is -0.890. The zero-order valence-electron chi connectivity index (χ0n) is 30.2. The summed E-state index contributed by atoms with van der Waals surface area (Å²) in [5.74, 6) is 2.97. The molecule has 4 amide bonds. The Morgan fingerprint density at radius 2 is 1.96 bits per heavy atom. The molecule has 5 fully saturated rings. The lowest BCUT2D eigenvalue weighted by atomic mass is 9.85. The number of carbonyl (C=O) groups excluding carboxylic acids is 3. The van der Waals surface area contributed by atoms with E-state index in [4.69, 9.17) is 4.74 Å². The standard InChI is InChI=1S/C38H58N6O5S/c1-5-24(2)35-25(3)44(31-14-15-33(45)40-37(31)47)21-29(35)26(4)49-22-28-12-10-27(11-13-28)20-42-16-18-43(19-17-42)34(46)9-7-6-8-32-36-30(23-50-32)39-38(48)41-36/h10-12,24,28,30-32,35-37,47H,3,5-9,13-23H2,1-2,4H3,(H,40,45)(H2,39,41,48). The van der Waals surface area contributed by atoms with Crippen LogP contribution >= 0.6 is 11.8 Å². The minimum Gasteiger partial charge on any atom is -0.498 e. The van der Waals surface area contributed by atoms with Gasteiger partial charge in [-0.05, 0) is 49.7 Å². The number of likely N-dealkylation sites (tertiary alicyclic amines) is 1. The number of nitrogens with one attached hydrogen (secondary N) is 3. The second-order valence-electron chi connectivity index (χ2n) is 15.2. The number of unbranched alkanes of at least 4 members (excludes halogenated alkanes) is 1. The molecular weight excluding hydrogens is 653 g/mol. The number of thioether (sulfide) groups is 1. The summed E-state index contributed by atoms with van der Waals surface area (Å²) in [6, 6.07) is 0.281. The van der Waals surface area contributed by atoms with Crippen LogP contribution in [0.25, 0.3) is 0 Å². The number of nitrogens with zero attached hydrogens (tertiary/aromatic N) is 3. The average molecular weight is 711 g/mol. The molecule has 6 aliphatic rings. The number of carbonyl (C=O) groups is 3. The van der Waals surface area contributed by atoms with Crippen LogP contribution in [0.4, 0.5) is 4.79 Å². The van der Waals surface area contributed by atoms with Gasteiger partial charge in [0.2, 0.25) is 11.8 Å². The molecule has 0 aromatic rings. The molecule has 0 bridgehead atoms. The second-order valence-corrected chi connectivity index (χ2v) is 16.4. The van der Waals surface area contributed by atoms with E-state index in [1.54, 1.807) is 0 Å². The summed E-state index contributed by atoms with van der Waals surface area (Å²) in [7, 11) is 0. The highest BCUT2D eigenvalue weighted by Crippen LogP contribution is 2.42. The number of hydrogen-bond acceptors (Lipinski definition) is 8. The summed E-state index contributed by atoms with van der Waals surface area (Å²) in [5, 5.41) is 19.8. The van der Waals surface area contributed by atoms with Crippen molar-refractivity contribution < 1.29 is 24.2 Å². The SMILES string of the molecule is C=C1C(C(C)CC)C(=C(C)OCC2C=CC(CN3CCN(C(=O)CCCCC4SCC5NC(=O)NC54)CC3)=CC2)CN1C1CCC(=O)NC1O. The minimum absolute atomic E-state index is 0.0409. The average Bonchev–Trinajstić information content (AvgIpc) is 3.78. The Balaban J connectivity index is 0.901. The van der Waals surface area contributed by atoms with Crippen molar-refractivity contribution in [3.8, 4) is 0 Å². The van der Waals surface area contributed by atoms with Gasteiger partial charge in [0.05, 0.1) is 30.5 Å². The van der Waals surface area contributed by atoms with E-state index >= 15 is 0 Å². The molecule has 0 aromatic heterocycles. The van der Waals surface area contributed by atoms with Crippen molar-refractivity contribution in [2.24, 2.45) is 17.8 Å². The first-order valence-corrected chi connectivity index (χ1v) is 20.0. The van der Waals surface area contributed by atoms with Crippen LogP contribution in [0.1, 0.15) is 72.1 Å². The van der Waals surface area contributed by atoms with Crippen molar-refractivity contribution in [1.82, 2.24) is 30.7 Å². The van der Waals surface area contributed by atoms with E-state index in [0.29, 0.717) is 49.5 Å². The molecule has 0 spiro atoms. The first-order valence-electron chi connectivity index (χ1n) is 18.9. The van der Waals surface area contributed by atoms with Gasteiger partial charge in [-0.3, -0.25) is 14.5 Å². The Hall–Kier alpha value is -2.96. The number of amides is 4. The lowest BCUT2D eigenvalue weighted by Gasteiger charge is -2.37. The molecule has 8 unspecified atom stereocenters. The maximum absolute atomic E-state index is 12.9. The van der Waals surface area contributed by atoms with Crippen molar-refractivity contribution in [2.75, 3.05) is 51.6 Å². The van der Waals surface area contributed by atoms with E-state index in [1.165, 1.54) is 11.1 Å². The Labute approximate surface area is 302 Å². The van der Waals surface area contributed by atoms with Crippen LogP contribution in [0.15, 0.2) is 47.4 Å². The van der Waals surface area contributed by atoms with E-state index in [2.05, 4.69) is 71.3 Å². The van der Waals surface area contributed by atoms with Crippen LogP contribution in [0.3, 0.4) is 0 Å². The zero-order chi connectivity index (χ0) is 35.4. The van der Waals surface area contributed by atoms with Crippen LogP contribution in [0, 0.1) is 17.8 Å². The summed E-state index contributed by atoms with van der Waals surface area (Å²) in [4.78, 5) is 43.0. The number of piperazine rings is 1. The fraction of sp³-hybridized carbons (Fsp3) is 0.711. The maximum atomic E-state index is 12.9. The van der Waals surface area contributed by atoms with Crippen molar-refractivity contribution in [2.45, 2.75) is 102 Å². The van der Waals surface area contributed by atoms with Gasteiger partial charge in [0.15, 0.2) is 0 Å². The van der Waals surface area contributed by atoms with Crippen molar-refractivity contribution >= 4 is 29.6 Å². The highest BCUT2D eigenvalue weighted by molar-refractivity contribution is 8.00. The number of aliphatic hydroxyl groups is 1. The number of ether oxygens (including phenoxy) is 1. The molecule has 5 aliphatic heterocycles. The zero-order valence-corrected chi connectivity index (χ0v) is 31.0. The summed E-state index contributed by atoms with van der Waals surface area (Å²) in [6.45, 7) is 16.5. The quantitative estimate of drug-likeness (QED) is 0.130. The third-order valence-electron chi connectivity index (χ3n) is 11.8. The molecule has 50 heavy (non-hydrogen) atoms. The van der Waals surface area contributed by atoms with E-state index in [1.807, 2.05) is 16.7 Å².